The summed E-state index contributed by atoms with van der Waals surface area (Å²) < 4.78 is 16.6. The summed E-state index contributed by atoms with van der Waals surface area (Å²) in [6, 6.07) is 14.9. The van der Waals surface area contributed by atoms with E-state index in [2.05, 4.69) is 53.2 Å². The van der Waals surface area contributed by atoms with Gasteiger partial charge in [-0.05, 0) is 105 Å². The van der Waals surface area contributed by atoms with Crippen LogP contribution in [0, 0.1) is 18.8 Å². The molecule has 2 aromatic carbocycles. The van der Waals surface area contributed by atoms with Crippen molar-refractivity contribution in [3.63, 3.8) is 0 Å². The van der Waals surface area contributed by atoms with Crippen LogP contribution in [0.2, 0.25) is 0 Å². The Hall–Kier alpha value is -2.94. The maximum Gasteiger partial charge on any atom is 0.273 e. The minimum absolute atomic E-state index is 0.00950. The van der Waals surface area contributed by atoms with Gasteiger partial charge in [-0.3, -0.25) is 4.79 Å². The molecule has 0 bridgehead atoms. The summed E-state index contributed by atoms with van der Waals surface area (Å²) in [5.41, 5.74) is 4.58. The number of carbonyl (C=O) groups is 1. The second-order valence-electron chi connectivity index (χ2n) is 11.7. The molecule has 2 aliphatic carbocycles. The van der Waals surface area contributed by atoms with Gasteiger partial charge in [0.2, 0.25) is 5.91 Å². The summed E-state index contributed by atoms with van der Waals surface area (Å²) in [4.78, 5) is 21.6. The molecule has 0 unspecified atom stereocenters. The first kappa shape index (κ1) is 30.5. The van der Waals surface area contributed by atoms with Crippen LogP contribution in [0.5, 0.6) is 10.9 Å². The quantitative estimate of drug-likeness (QED) is 0.258. The number of aliphatic hydroxyl groups excluding tert-OH is 1. The van der Waals surface area contributed by atoms with Gasteiger partial charge in [-0.1, -0.05) is 35.6 Å². The lowest BCUT2D eigenvalue weighted by Crippen LogP contribution is -2.42. The highest BCUT2D eigenvalue weighted by molar-refractivity contribution is 7.16. The smallest absolute Gasteiger partial charge is 0.273 e. The van der Waals surface area contributed by atoms with E-state index >= 15 is 0 Å². The Morgan fingerprint density at radius 3 is 2.45 bits per heavy atom. The number of methoxy groups -OCH3 is 2. The van der Waals surface area contributed by atoms with Crippen molar-refractivity contribution in [2.45, 2.75) is 70.3 Å². The largest absolute Gasteiger partial charge is 0.496 e. The van der Waals surface area contributed by atoms with E-state index in [0.29, 0.717) is 23.6 Å². The zero-order chi connectivity index (χ0) is 29.5. The number of hydrogen-bond donors (Lipinski definition) is 1. The summed E-state index contributed by atoms with van der Waals surface area (Å²) in [6.07, 6.45) is 9.80. The van der Waals surface area contributed by atoms with E-state index in [0.717, 1.165) is 79.8 Å². The van der Waals surface area contributed by atoms with Gasteiger partial charge in [-0.15, -0.1) is 0 Å². The molecule has 2 fully saturated rings. The average Bonchev–Trinajstić information content (AvgIpc) is 3.53. The van der Waals surface area contributed by atoms with E-state index < -0.39 is 0 Å². The molecular formula is C34H44N2O5S. The number of aryl methyl sites for hydroxylation is 1. The number of anilines is 1. The molecule has 5 rings (SSSR count). The third kappa shape index (κ3) is 7.33. The number of amides is 1. The van der Waals surface area contributed by atoms with Gasteiger partial charge in [-0.25, -0.2) is 4.98 Å². The number of aliphatic hydroxyl groups is 1. The third-order valence-electron chi connectivity index (χ3n) is 9.01. The molecular weight excluding hydrogens is 548 g/mol. The van der Waals surface area contributed by atoms with Crippen LogP contribution in [0.4, 0.5) is 5.69 Å². The zero-order valence-corrected chi connectivity index (χ0v) is 25.9. The van der Waals surface area contributed by atoms with E-state index in [1.165, 1.54) is 22.5 Å². The van der Waals surface area contributed by atoms with Crippen LogP contribution in [0.25, 0.3) is 10.4 Å². The maximum atomic E-state index is 14.2. The summed E-state index contributed by atoms with van der Waals surface area (Å²) in [5, 5.41) is 9.76. The first-order valence-electron chi connectivity index (χ1n) is 15.3. The van der Waals surface area contributed by atoms with Gasteiger partial charge in [0.05, 0.1) is 38.4 Å². The number of nitrogens with zero attached hydrogens (tertiary/aromatic N) is 2. The molecule has 226 valence electrons. The van der Waals surface area contributed by atoms with E-state index in [9.17, 15) is 4.79 Å². The lowest BCUT2D eigenvalue weighted by atomic mass is 9.78. The van der Waals surface area contributed by atoms with Crippen molar-refractivity contribution < 1.29 is 24.1 Å². The van der Waals surface area contributed by atoms with Crippen molar-refractivity contribution in [2.75, 3.05) is 38.9 Å². The molecule has 7 nitrogen and oxygen atoms in total. The first-order chi connectivity index (χ1) is 20.5. The molecule has 1 aromatic heterocycles. The number of rotatable bonds is 11. The van der Waals surface area contributed by atoms with Crippen molar-refractivity contribution in [3.05, 3.63) is 59.8 Å². The van der Waals surface area contributed by atoms with Crippen LogP contribution in [0.15, 0.2) is 48.7 Å². The Balaban J connectivity index is 1.31. The standard InChI is InChI=1S/C34H44N2O5S/c1-23-19-27(13-16-31(23)39-2)25-9-7-24(8-10-25)22-36(33(38)26-11-14-30(15-12-26)41-18-17-37)29-6-4-5-28(20-29)32-21-35-34(40-3)42-32/h4-6,13,16,19-21,24-26,30,37H,7-12,14-15,17-18,22H2,1-3H3/t24-,25-,26-,30-. The molecule has 2 saturated carbocycles. The van der Waals surface area contributed by atoms with Gasteiger partial charge < -0.3 is 24.2 Å². The zero-order valence-electron chi connectivity index (χ0n) is 25.1. The van der Waals surface area contributed by atoms with Gasteiger partial charge in [0, 0.05) is 24.3 Å². The average molecular weight is 593 g/mol. The summed E-state index contributed by atoms with van der Waals surface area (Å²) in [5.74, 6) is 2.16. The van der Waals surface area contributed by atoms with Crippen LogP contribution in [-0.4, -0.2) is 56.1 Å². The van der Waals surface area contributed by atoms with Gasteiger partial charge >= 0.3 is 0 Å². The molecule has 1 heterocycles. The molecule has 8 heteroatoms. The molecule has 1 N–H and O–H groups in total. The number of carbonyl (C=O) groups excluding carboxylic acids is 1. The summed E-state index contributed by atoms with van der Waals surface area (Å²) in [6.45, 7) is 3.25. The van der Waals surface area contributed by atoms with Crippen molar-refractivity contribution >= 4 is 22.9 Å². The van der Waals surface area contributed by atoms with E-state index in [4.69, 9.17) is 19.3 Å². The molecule has 0 atom stereocenters. The fourth-order valence-electron chi connectivity index (χ4n) is 6.64. The molecule has 3 aromatic rings. The topological polar surface area (TPSA) is 81.1 Å². The minimum atomic E-state index is -0.00950. The monoisotopic (exact) mass is 592 g/mol. The number of benzene rings is 2. The minimum Gasteiger partial charge on any atom is -0.496 e. The third-order valence-corrected chi connectivity index (χ3v) is 10.0. The van der Waals surface area contributed by atoms with Crippen molar-refractivity contribution in [2.24, 2.45) is 11.8 Å². The Kier molecular flexibility index (Phi) is 10.5. The van der Waals surface area contributed by atoms with E-state index in [1.807, 2.05) is 12.3 Å². The maximum absolute atomic E-state index is 14.2. The number of ether oxygens (including phenoxy) is 3. The van der Waals surface area contributed by atoms with E-state index in [-0.39, 0.29) is 24.5 Å². The Morgan fingerprint density at radius 2 is 1.79 bits per heavy atom. The van der Waals surface area contributed by atoms with Gasteiger partial charge in [0.25, 0.3) is 5.19 Å². The predicted molar refractivity (Wildman–Crippen MR) is 168 cm³/mol. The van der Waals surface area contributed by atoms with Crippen molar-refractivity contribution in [1.82, 2.24) is 4.98 Å². The van der Waals surface area contributed by atoms with Crippen LogP contribution >= 0.6 is 11.3 Å². The number of hydrogen-bond acceptors (Lipinski definition) is 7. The molecule has 2 aliphatic rings. The highest BCUT2D eigenvalue weighted by atomic mass is 32.1. The predicted octanol–water partition coefficient (Wildman–Crippen LogP) is 7.01. The summed E-state index contributed by atoms with van der Waals surface area (Å²) in [7, 11) is 3.36. The second-order valence-corrected chi connectivity index (χ2v) is 12.7. The van der Waals surface area contributed by atoms with Gasteiger partial charge in [-0.2, -0.15) is 0 Å². The highest BCUT2D eigenvalue weighted by Crippen LogP contribution is 2.39. The summed E-state index contributed by atoms with van der Waals surface area (Å²) >= 11 is 1.51. The Labute approximate surface area is 253 Å². The molecule has 0 saturated heterocycles. The fraction of sp³-hybridized carbons (Fsp3) is 0.529. The lowest BCUT2D eigenvalue weighted by Gasteiger charge is -2.36. The van der Waals surface area contributed by atoms with Crippen LogP contribution in [-0.2, 0) is 9.53 Å². The molecule has 42 heavy (non-hydrogen) atoms. The first-order valence-corrected chi connectivity index (χ1v) is 16.1. The second kappa shape index (κ2) is 14.5. The van der Waals surface area contributed by atoms with Gasteiger partial charge in [0.1, 0.15) is 5.75 Å². The van der Waals surface area contributed by atoms with E-state index in [1.54, 1.807) is 14.2 Å². The van der Waals surface area contributed by atoms with Gasteiger partial charge in [0.15, 0.2) is 0 Å². The Bertz CT molecular complexity index is 1310. The van der Waals surface area contributed by atoms with Crippen molar-refractivity contribution in [1.29, 1.82) is 0 Å². The SMILES string of the molecule is COc1ncc(-c2cccc(N(C[C@H]3CC[C@H](c4ccc(OC)c(C)c4)CC3)C(=O)[C@H]3CC[C@H](OCCO)CC3)c2)s1. The fourth-order valence-corrected chi connectivity index (χ4v) is 7.37. The number of thiazole rings is 1. The molecule has 0 radical (unpaired) electrons. The number of aromatic nitrogens is 1. The van der Waals surface area contributed by atoms with Crippen LogP contribution in [0.3, 0.4) is 0 Å². The van der Waals surface area contributed by atoms with Crippen molar-refractivity contribution in [3.8, 4) is 21.4 Å². The van der Waals surface area contributed by atoms with Crippen LogP contribution in [0.1, 0.15) is 68.4 Å². The highest BCUT2D eigenvalue weighted by Gasteiger charge is 2.33. The lowest BCUT2D eigenvalue weighted by molar-refractivity contribution is -0.124. The normalized spacial score (nSPS) is 22.5. The molecule has 0 aliphatic heterocycles. The molecule has 1 amide bonds. The Morgan fingerprint density at radius 1 is 1.00 bits per heavy atom. The van der Waals surface area contributed by atoms with Crippen LogP contribution < -0.4 is 14.4 Å². The molecule has 0 spiro atoms.